The molecule has 1 aromatic carbocycles. The van der Waals surface area contributed by atoms with E-state index in [2.05, 4.69) is 32.7 Å². The minimum atomic E-state index is 0.0260. The summed E-state index contributed by atoms with van der Waals surface area (Å²) in [6.45, 7) is 14.6. The van der Waals surface area contributed by atoms with Crippen LogP contribution in [0.3, 0.4) is 0 Å². The third-order valence-corrected chi connectivity index (χ3v) is 3.86. The van der Waals surface area contributed by atoms with Gasteiger partial charge in [0.25, 0.3) is 5.91 Å². The molecule has 0 heterocycles. The quantitative estimate of drug-likeness (QED) is 0.638. The van der Waals surface area contributed by atoms with Crippen molar-refractivity contribution in [3.8, 4) is 0 Å². The van der Waals surface area contributed by atoms with E-state index >= 15 is 0 Å². The maximum atomic E-state index is 12.2. The monoisotopic (exact) mass is 245 g/mol. The third kappa shape index (κ3) is 2.63. The summed E-state index contributed by atoms with van der Waals surface area (Å²) >= 11 is 0. The Morgan fingerprint density at radius 1 is 1.00 bits per heavy atom. The molecule has 0 aliphatic rings. The van der Waals surface area contributed by atoms with Crippen LogP contribution in [-0.4, -0.2) is 12.5 Å². The minimum absolute atomic E-state index is 0.0260. The molecule has 1 amide bonds. The number of rotatable bonds is 4. The summed E-state index contributed by atoms with van der Waals surface area (Å²) < 4.78 is 0. The number of hydrogen-bond acceptors (Lipinski definition) is 1. The van der Waals surface area contributed by atoms with E-state index in [1.807, 2.05) is 19.9 Å². The van der Waals surface area contributed by atoms with Crippen molar-refractivity contribution in [2.24, 2.45) is 0 Å². The largest absolute Gasteiger partial charge is 0.352 e. The lowest BCUT2D eigenvalue weighted by molar-refractivity contribution is 0.0953. The van der Waals surface area contributed by atoms with Gasteiger partial charge in [-0.25, -0.2) is 0 Å². The van der Waals surface area contributed by atoms with Crippen LogP contribution < -0.4 is 5.32 Å². The van der Waals surface area contributed by atoms with Crippen LogP contribution in [0, 0.1) is 34.6 Å². The predicted octanol–water partition coefficient (Wildman–Crippen LogP) is 3.53. The second-order valence-corrected chi connectivity index (χ2v) is 4.83. The number of carbonyl (C=O) groups is 1. The molecule has 2 heteroatoms. The van der Waals surface area contributed by atoms with E-state index in [0.717, 1.165) is 23.1 Å². The lowest BCUT2D eigenvalue weighted by Crippen LogP contribution is -2.26. The van der Waals surface area contributed by atoms with Crippen LogP contribution in [-0.2, 0) is 0 Å². The highest BCUT2D eigenvalue weighted by Gasteiger charge is 2.17. The van der Waals surface area contributed by atoms with E-state index in [-0.39, 0.29) is 5.91 Å². The van der Waals surface area contributed by atoms with Crippen LogP contribution in [0.25, 0.3) is 0 Å². The van der Waals surface area contributed by atoms with Gasteiger partial charge in [-0.2, -0.15) is 0 Å². The van der Waals surface area contributed by atoms with Gasteiger partial charge in [0.2, 0.25) is 0 Å². The molecular weight excluding hydrogens is 222 g/mol. The lowest BCUT2D eigenvalue weighted by atomic mass is 9.89. The van der Waals surface area contributed by atoms with Crippen molar-refractivity contribution in [2.45, 2.75) is 41.0 Å². The Hall–Kier alpha value is -1.57. The molecule has 0 aromatic heterocycles. The second kappa shape index (κ2) is 5.85. The van der Waals surface area contributed by atoms with Crippen LogP contribution in [0.5, 0.6) is 0 Å². The smallest absolute Gasteiger partial charge is 0.251 e. The van der Waals surface area contributed by atoms with Crippen molar-refractivity contribution in [2.75, 3.05) is 6.54 Å². The Kier molecular flexibility index (Phi) is 4.71. The molecule has 2 nitrogen and oxygen atoms in total. The fourth-order valence-corrected chi connectivity index (χ4v) is 2.22. The second-order valence-electron chi connectivity index (χ2n) is 4.83. The van der Waals surface area contributed by atoms with Gasteiger partial charge in [-0.3, -0.25) is 4.79 Å². The molecule has 0 radical (unpaired) electrons. The molecule has 1 aromatic rings. The topological polar surface area (TPSA) is 29.1 Å². The van der Waals surface area contributed by atoms with Crippen molar-refractivity contribution in [3.63, 3.8) is 0 Å². The first-order chi connectivity index (χ1) is 8.41. The maximum Gasteiger partial charge on any atom is 0.251 e. The molecule has 0 saturated heterocycles. The van der Waals surface area contributed by atoms with E-state index in [0.29, 0.717) is 6.54 Å². The lowest BCUT2D eigenvalue weighted by Gasteiger charge is -2.18. The maximum absolute atomic E-state index is 12.2. The normalized spacial score (nSPS) is 10.3. The summed E-state index contributed by atoms with van der Waals surface area (Å²) in [5, 5.41) is 2.95. The molecule has 0 bridgehead atoms. The van der Waals surface area contributed by atoms with Gasteiger partial charge in [-0.15, -0.1) is 6.58 Å². The summed E-state index contributed by atoms with van der Waals surface area (Å²) in [5.74, 6) is 0.0260. The molecule has 0 unspecified atom stereocenters. The Morgan fingerprint density at radius 3 is 1.89 bits per heavy atom. The summed E-state index contributed by atoms with van der Waals surface area (Å²) in [5.41, 5.74) is 6.73. The van der Waals surface area contributed by atoms with Crippen molar-refractivity contribution in [3.05, 3.63) is 46.0 Å². The Bertz CT molecular complexity index is 457. The van der Waals surface area contributed by atoms with Gasteiger partial charge in [0.05, 0.1) is 0 Å². The van der Waals surface area contributed by atoms with Crippen LogP contribution in [0.2, 0.25) is 0 Å². The van der Waals surface area contributed by atoms with Crippen molar-refractivity contribution in [1.29, 1.82) is 0 Å². The molecule has 1 N–H and O–H groups in total. The predicted molar refractivity (Wildman–Crippen MR) is 77.3 cm³/mol. The highest BCUT2D eigenvalue weighted by Crippen LogP contribution is 2.25. The third-order valence-electron chi connectivity index (χ3n) is 3.86. The standard InChI is InChI=1S/C16H23NO/c1-7-8-9-17-16(18)15-13(5)11(3)10(2)12(4)14(15)6/h7H,1,8-9H2,2-6H3,(H,17,18). The summed E-state index contributed by atoms with van der Waals surface area (Å²) in [6.07, 6.45) is 2.61. The van der Waals surface area contributed by atoms with E-state index in [1.54, 1.807) is 0 Å². The van der Waals surface area contributed by atoms with Gasteiger partial charge in [-0.1, -0.05) is 6.08 Å². The zero-order chi connectivity index (χ0) is 13.9. The molecule has 0 aliphatic heterocycles. The zero-order valence-corrected chi connectivity index (χ0v) is 12.1. The van der Waals surface area contributed by atoms with Gasteiger partial charge in [0, 0.05) is 12.1 Å². The Morgan fingerprint density at radius 2 is 1.44 bits per heavy atom. The highest BCUT2D eigenvalue weighted by molar-refractivity contribution is 5.98. The van der Waals surface area contributed by atoms with Gasteiger partial charge >= 0.3 is 0 Å². The van der Waals surface area contributed by atoms with E-state index in [4.69, 9.17) is 0 Å². The van der Waals surface area contributed by atoms with Gasteiger partial charge < -0.3 is 5.32 Å². The molecule has 18 heavy (non-hydrogen) atoms. The van der Waals surface area contributed by atoms with Gasteiger partial charge in [-0.05, 0) is 68.9 Å². The fourth-order valence-electron chi connectivity index (χ4n) is 2.22. The molecule has 0 atom stereocenters. The Balaban J connectivity index is 3.16. The number of nitrogens with one attached hydrogen (secondary N) is 1. The average Bonchev–Trinajstić information content (AvgIpc) is 2.34. The SMILES string of the molecule is C=CCCNC(=O)c1c(C)c(C)c(C)c(C)c1C. The highest BCUT2D eigenvalue weighted by atomic mass is 16.1. The van der Waals surface area contributed by atoms with E-state index in [9.17, 15) is 4.79 Å². The number of amides is 1. The van der Waals surface area contributed by atoms with Crippen molar-refractivity contribution < 1.29 is 4.79 Å². The first kappa shape index (κ1) is 14.5. The molecule has 0 aliphatic carbocycles. The molecule has 0 fully saturated rings. The summed E-state index contributed by atoms with van der Waals surface area (Å²) in [4.78, 5) is 12.2. The number of carbonyl (C=O) groups excluding carboxylic acids is 1. The van der Waals surface area contributed by atoms with E-state index in [1.165, 1.54) is 16.7 Å². The molecule has 0 spiro atoms. The van der Waals surface area contributed by atoms with E-state index < -0.39 is 0 Å². The summed E-state index contributed by atoms with van der Waals surface area (Å²) in [7, 11) is 0. The van der Waals surface area contributed by atoms with Crippen LogP contribution in [0.1, 0.15) is 44.6 Å². The molecular formula is C16H23NO. The zero-order valence-electron chi connectivity index (χ0n) is 12.1. The average molecular weight is 245 g/mol. The Labute approximate surface area is 110 Å². The van der Waals surface area contributed by atoms with Crippen LogP contribution >= 0.6 is 0 Å². The van der Waals surface area contributed by atoms with Gasteiger partial charge in [0.1, 0.15) is 0 Å². The first-order valence-corrected chi connectivity index (χ1v) is 6.37. The van der Waals surface area contributed by atoms with Gasteiger partial charge in [0.15, 0.2) is 0 Å². The molecule has 98 valence electrons. The van der Waals surface area contributed by atoms with Crippen molar-refractivity contribution in [1.82, 2.24) is 5.32 Å². The molecule has 0 saturated carbocycles. The minimum Gasteiger partial charge on any atom is -0.352 e. The fraction of sp³-hybridized carbons (Fsp3) is 0.438. The number of benzene rings is 1. The van der Waals surface area contributed by atoms with Crippen molar-refractivity contribution >= 4 is 5.91 Å². The molecule has 1 rings (SSSR count). The van der Waals surface area contributed by atoms with Crippen LogP contribution in [0.15, 0.2) is 12.7 Å². The summed E-state index contributed by atoms with van der Waals surface area (Å²) in [6, 6.07) is 0. The number of hydrogen-bond donors (Lipinski definition) is 1. The first-order valence-electron chi connectivity index (χ1n) is 6.37. The van der Waals surface area contributed by atoms with Crippen LogP contribution in [0.4, 0.5) is 0 Å².